The van der Waals surface area contributed by atoms with Gasteiger partial charge in [-0.1, -0.05) is 29.9 Å². The largest absolute Gasteiger partial charge is 0.388 e. The fraction of sp³-hybridized carbons (Fsp3) is 0.0833. The van der Waals surface area contributed by atoms with Crippen LogP contribution in [-0.2, 0) is 0 Å². The lowest BCUT2D eigenvalue weighted by atomic mass is 10.2. The number of aromatic nitrogens is 2. The third-order valence-electron chi connectivity index (χ3n) is 2.37. The van der Waals surface area contributed by atoms with Crippen molar-refractivity contribution in [2.24, 2.45) is 5.73 Å². The molecule has 0 saturated carbocycles. The molecule has 2 rings (SSSR count). The molecule has 6 heteroatoms. The van der Waals surface area contributed by atoms with E-state index in [9.17, 15) is 0 Å². The third-order valence-corrected chi connectivity index (χ3v) is 2.81. The summed E-state index contributed by atoms with van der Waals surface area (Å²) in [6.07, 6.45) is 3.11. The van der Waals surface area contributed by atoms with Crippen LogP contribution in [0.1, 0.15) is 11.3 Å². The molecule has 0 aliphatic rings. The zero-order valence-corrected chi connectivity index (χ0v) is 11.2. The fourth-order valence-electron chi connectivity index (χ4n) is 1.39. The molecule has 0 radical (unpaired) electrons. The molecule has 0 aliphatic heterocycles. The second-order valence-corrected chi connectivity index (χ2v) is 4.61. The first kappa shape index (κ1) is 12.7. The van der Waals surface area contributed by atoms with Crippen LogP contribution in [0.5, 0.6) is 0 Å². The number of nitrogens with two attached hydrogens (primary N) is 1. The van der Waals surface area contributed by atoms with Crippen molar-refractivity contribution in [3.8, 4) is 0 Å². The highest BCUT2D eigenvalue weighted by Crippen LogP contribution is 2.22. The van der Waals surface area contributed by atoms with Crippen molar-refractivity contribution in [2.75, 3.05) is 5.32 Å². The Kier molecular flexibility index (Phi) is 3.74. The van der Waals surface area contributed by atoms with Crippen molar-refractivity contribution in [2.45, 2.75) is 6.92 Å². The van der Waals surface area contributed by atoms with Crippen LogP contribution in [0.2, 0.25) is 5.02 Å². The van der Waals surface area contributed by atoms with E-state index < -0.39 is 0 Å². The molecule has 4 nitrogen and oxygen atoms in total. The second kappa shape index (κ2) is 5.29. The summed E-state index contributed by atoms with van der Waals surface area (Å²) in [6.45, 7) is 1.98. The summed E-state index contributed by atoms with van der Waals surface area (Å²) in [5, 5.41) is 3.80. The molecule has 0 unspecified atom stereocenters. The van der Waals surface area contributed by atoms with E-state index >= 15 is 0 Å². The first-order valence-electron chi connectivity index (χ1n) is 5.21. The molecule has 0 fully saturated rings. The minimum absolute atomic E-state index is 0.230. The number of halogens is 1. The molecule has 0 atom stereocenters. The number of hydrogen-bond donors (Lipinski definition) is 2. The molecule has 18 heavy (non-hydrogen) atoms. The molecule has 2 aromatic rings. The topological polar surface area (TPSA) is 63.8 Å². The van der Waals surface area contributed by atoms with E-state index in [4.69, 9.17) is 29.6 Å². The van der Waals surface area contributed by atoms with Crippen LogP contribution < -0.4 is 11.1 Å². The van der Waals surface area contributed by atoms with Crippen molar-refractivity contribution < 1.29 is 0 Å². The minimum Gasteiger partial charge on any atom is -0.388 e. The van der Waals surface area contributed by atoms with E-state index in [0.717, 1.165) is 11.3 Å². The SMILES string of the molecule is Cc1ccc(Cl)cc1Nc1cnc(C(N)=S)cn1. The zero-order chi connectivity index (χ0) is 13.1. The molecule has 0 amide bonds. The number of anilines is 2. The molecule has 1 aromatic heterocycles. The van der Waals surface area contributed by atoms with Crippen molar-refractivity contribution in [3.05, 3.63) is 46.9 Å². The first-order chi connectivity index (χ1) is 8.56. The first-order valence-corrected chi connectivity index (χ1v) is 6.00. The van der Waals surface area contributed by atoms with Gasteiger partial charge in [0, 0.05) is 10.7 Å². The van der Waals surface area contributed by atoms with Gasteiger partial charge in [0.05, 0.1) is 12.4 Å². The molecule has 1 aromatic carbocycles. The van der Waals surface area contributed by atoms with Crippen LogP contribution in [0.15, 0.2) is 30.6 Å². The van der Waals surface area contributed by atoms with Crippen LogP contribution in [0.4, 0.5) is 11.5 Å². The summed E-state index contributed by atoms with van der Waals surface area (Å²) >= 11 is 10.8. The Morgan fingerprint density at radius 2 is 2.11 bits per heavy atom. The highest BCUT2D eigenvalue weighted by atomic mass is 35.5. The van der Waals surface area contributed by atoms with Gasteiger partial charge >= 0.3 is 0 Å². The number of rotatable bonds is 3. The van der Waals surface area contributed by atoms with E-state index in [1.807, 2.05) is 25.1 Å². The second-order valence-electron chi connectivity index (χ2n) is 3.74. The van der Waals surface area contributed by atoms with Crippen LogP contribution in [0, 0.1) is 6.92 Å². The number of nitrogens with one attached hydrogen (secondary N) is 1. The Hall–Kier alpha value is -1.72. The molecule has 3 N–H and O–H groups in total. The third kappa shape index (κ3) is 2.94. The molecule has 0 aliphatic carbocycles. The van der Waals surface area contributed by atoms with Gasteiger partial charge in [0.1, 0.15) is 16.5 Å². The van der Waals surface area contributed by atoms with Gasteiger partial charge in [-0.05, 0) is 24.6 Å². The normalized spacial score (nSPS) is 10.1. The number of nitrogens with zero attached hydrogens (tertiary/aromatic N) is 2. The van der Waals surface area contributed by atoms with E-state index in [0.29, 0.717) is 16.5 Å². The molecule has 92 valence electrons. The summed E-state index contributed by atoms with van der Waals surface area (Å²) in [4.78, 5) is 8.51. The van der Waals surface area contributed by atoms with Crippen molar-refractivity contribution >= 4 is 40.3 Å². The number of aryl methyl sites for hydroxylation is 1. The lowest BCUT2D eigenvalue weighted by Crippen LogP contribution is -2.12. The van der Waals surface area contributed by atoms with Gasteiger partial charge in [-0.15, -0.1) is 0 Å². The quantitative estimate of drug-likeness (QED) is 0.845. The molecule has 0 spiro atoms. The van der Waals surface area contributed by atoms with E-state index in [2.05, 4.69) is 15.3 Å². The van der Waals surface area contributed by atoms with E-state index in [-0.39, 0.29) is 4.99 Å². The summed E-state index contributed by atoms with van der Waals surface area (Å²) in [5.74, 6) is 0.611. The maximum atomic E-state index is 5.94. The van der Waals surface area contributed by atoms with Gasteiger partial charge in [-0.25, -0.2) is 9.97 Å². The average Bonchev–Trinajstić information content (AvgIpc) is 2.34. The summed E-state index contributed by atoms with van der Waals surface area (Å²) in [7, 11) is 0. The Bertz CT molecular complexity index is 583. The number of hydrogen-bond acceptors (Lipinski definition) is 4. The van der Waals surface area contributed by atoms with Crippen LogP contribution in [-0.4, -0.2) is 15.0 Å². The number of benzene rings is 1. The standard InChI is InChI=1S/C12H11ClN4S/c1-7-2-3-8(13)4-9(7)17-11-6-15-10(5-16-11)12(14)18/h2-6H,1H3,(H2,14,18)(H,16,17). The monoisotopic (exact) mass is 278 g/mol. The van der Waals surface area contributed by atoms with Gasteiger partial charge < -0.3 is 11.1 Å². The predicted molar refractivity (Wildman–Crippen MR) is 77.4 cm³/mol. The zero-order valence-electron chi connectivity index (χ0n) is 9.64. The van der Waals surface area contributed by atoms with E-state index in [1.165, 1.54) is 6.20 Å². The lowest BCUT2D eigenvalue weighted by Gasteiger charge is -2.09. The van der Waals surface area contributed by atoms with Crippen LogP contribution in [0.25, 0.3) is 0 Å². The van der Waals surface area contributed by atoms with Crippen molar-refractivity contribution in [1.82, 2.24) is 9.97 Å². The molecule has 0 bridgehead atoms. The van der Waals surface area contributed by atoms with Crippen LogP contribution in [0.3, 0.4) is 0 Å². The highest BCUT2D eigenvalue weighted by Gasteiger charge is 2.03. The smallest absolute Gasteiger partial charge is 0.148 e. The molecular formula is C12H11ClN4S. The van der Waals surface area contributed by atoms with Gasteiger partial charge in [-0.3, -0.25) is 0 Å². The fourth-order valence-corrected chi connectivity index (χ4v) is 1.66. The molecular weight excluding hydrogens is 268 g/mol. The van der Waals surface area contributed by atoms with Crippen LogP contribution >= 0.6 is 23.8 Å². The van der Waals surface area contributed by atoms with Gasteiger partial charge in [0.25, 0.3) is 0 Å². The average molecular weight is 279 g/mol. The van der Waals surface area contributed by atoms with Gasteiger partial charge in [0.2, 0.25) is 0 Å². The summed E-state index contributed by atoms with van der Waals surface area (Å²) in [6, 6.07) is 5.60. The Labute approximate surface area is 115 Å². The summed E-state index contributed by atoms with van der Waals surface area (Å²) in [5.41, 5.74) is 7.91. The Morgan fingerprint density at radius 1 is 1.33 bits per heavy atom. The Balaban J connectivity index is 2.23. The van der Waals surface area contributed by atoms with E-state index in [1.54, 1.807) is 6.20 Å². The molecule has 0 saturated heterocycles. The van der Waals surface area contributed by atoms with Gasteiger partial charge in [0.15, 0.2) is 0 Å². The summed E-state index contributed by atoms with van der Waals surface area (Å²) < 4.78 is 0. The van der Waals surface area contributed by atoms with Crippen molar-refractivity contribution in [3.63, 3.8) is 0 Å². The van der Waals surface area contributed by atoms with Gasteiger partial charge in [-0.2, -0.15) is 0 Å². The lowest BCUT2D eigenvalue weighted by molar-refractivity contribution is 1.17. The predicted octanol–water partition coefficient (Wildman–Crippen LogP) is 2.82. The maximum absolute atomic E-state index is 5.94. The minimum atomic E-state index is 0.230. The Morgan fingerprint density at radius 3 is 2.72 bits per heavy atom. The highest BCUT2D eigenvalue weighted by molar-refractivity contribution is 7.80. The molecule has 1 heterocycles. The number of thiocarbonyl (C=S) groups is 1. The van der Waals surface area contributed by atoms with Crippen molar-refractivity contribution in [1.29, 1.82) is 0 Å². The maximum Gasteiger partial charge on any atom is 0.148 e.